The maximum atomic E-state index is 12.3. The molecular formula is C23H37N3O2. The van der Waals surface area contributed by atoms with Crippen molar-refractivity contribution in [2.45, 2.75) is 57.5 Å². The Bertz CT molecular complexity index is 608. The van der Waals surface area contributed by atoms with Crippen LogP contribution in [0.25, 0.3) is 0 Å². The van der Waals surface area contributed by atoms with E-state index in [0.29, 0.717) is 6.04 Å². The molecule has 1 unspecified atom stereocenters. The van der Waals surface area contributed by atoms with Crippen LogP contribution in [0.5, 0.6) is 5.75 Å². The van der Waals surface area contributed by atoms with Gasteiger partial charge >= 0.3 is 0 Å². The normalized spacial score (nSPS) is 19.2. The molecule has 2 aliphatic rings. The Morgan fingerprint density at radius 2 is 1.86 bits per heavy atom. The Hall–Kier alpha value is -1.59. The van der Waals surface area contributed by atoms with Crippen LogP contribution in [0.2, 0.25) is 0 Å². The van der Waals surface area contributed by atoms with Gasteiger partial charge in [0.05, 0.1) is 0 Å². The molecule has 1 heterocycles. The summed E-state index contributed by atoms with van der Waals surface area (Å²) in [6.45, 7) is 3.64. The van der Waals surface area contributed by atoms with Crippen molar-refractivity contribution in [3.63, 3.8) is 0 Å². The van der Waals surface area contributed by atoms with Crippen LogP contribution in [-0.2, 0) is 11.3 Å². The van der Waals surface area contributed by atoms with Gasteiger partial charge < -0.3 is 19.9 Å². The van der Waals surface area contributed by atoms with E-state index in [9.17, 15) is 4.79 Å². The quantitative estimate of drug-likeness (QED) is 0.706. The van der Waals surface area contributed by atoms with E-state index >= 15 is 0 Å². The van der Waals surface area contributed by atoms with Gasteiger partial charge in [0.15, 0.2) is 6.61 Å². The fourth-order valence-corrected chi connectivity index (χ4v) is 4.63. The molecular weight excluding hydrogens is 350 g/mol. The molecule has 1 saturated heterocycles. The minimum absolute atomic E-state index is 0.102. The summed E-state index contributed by atoms with van der Waals surface area (Å²) in [5.41, 5.74) is 1.12. The Morgan fingerprint density at radius 3 is 2.57 bits per heavy atom. The molecule has 1 aromatic rings. The molecule has 1 amide bonds. The number of benzene rings is 1. The number of amides is 1. The van der Waals surface area contributed by atoms with Crippen LogP contribution in [-0.4, -0.2) is 62.1 Å². The summed E-state index contributed by atoms with van der Waals surface area (Å²) in [6, 6.07) is 8.65. The summed E-state index contributed by atoms with van der Waals surface area (Å²) in [5, 5.41) is 3.65. The maximum absolute atomic E-state index is 12.3. The zero-order valence-electron chi connectivity index (χ0n) is 17.7. The number of nitrogens with zero attached hydrogens (tertiary/aromatic N) is 2. The Morgan fingerprint density at radius 1 is 1.14 bits per heavy atom. The SMILES string of the molecule is CN(C)C(CNCc1ccccc1OCC(=O)N1CCCC1)C1CCCCC1. The molecule has 5 nitrogen and oxygen atoms in total. The lowest BCUT2D eigenvalue weighted by Crippen LogP contribution is -2.43. The van der Waals surface area contributed by atoms with Gasteiger partial charge in [0.25, 0.3) is 5.91 Å². The number of likely N-dealkylation sites (N-methyl/N-ethyl adjacent to an activating group) is 1. The smallest absolute Gasteiger partial charge is 0.260 e. The van der Waals surface area contributed by atoms with Gasteiger partial charge in [0.1, 0.15) is 5.75 Å². The van der Waals surface area contributed by atoms with Gasteiger partial charge in [-0.2, -0.15) is 0 Å². The summed E-state index contributed by atoms with van der Waals surface area (Å²) < 4.78 is 5.89. The lowest BCUT2D eigenvalue weighted by atomic mass is 9.83. The minimum atomic E-state index is 0.102. The highest BCUT2D eigenvalue weighted by atomic mass is 16.5. The van der Waals surface area contributed by atoms with Crippen molar-refractivity contribution in [2.75, 3.05) is 40.3 Å². The average molecular weight is 388 g/mol. The van der Waals surface area contributed by atoms with E-state index in [1.54, 1.807) is 0 Å². The number of hydrogen-bond acceptors (Lipinski definition) is 4. The van der Waals surface area contributed by atoms with E-state index in [4.69, 9.17) is 4.74 Å². The summed E-state index contributed by atoms with van der Waals surface area (Å²) in [7, 11) is 4.39. The third kappa shape index (κ3) is 5.95. The van der Waals surface area contributed by atoms with Crippen molar-refractivity contribution in [1.29, 1.82) is 0 Å². The van der Waals surface area contributed by atoms with Crippen molar-refractivity contribution in [3.8, 4) is 5.75 Å². The van der Waals surface area contributed by atoms with Crippen LogP contribution in [0.15, 0.2) is 24.3 Å². The summed E-state index contributed by atoms with van der Waals surface area (Å²) >= 11 is 0. The molecule has 0 aromatic heterocycles. The predicted octanol–water partition coefficient (Wildman–Crippen LogP) is 3.29. The van der Waals surface area contributed by atoms with E-state index in [2.05, 4.69) is 30.4 Å². The van der Waals surface area contributed by atoms with Crippen molar-refractivity contribution in [2.24, 2.45) is 5.92 Å². The first-order valence-electron chi connectivity index (χ1n) is 11.0. The van der Waals surface area contributed by atoms with E-state index in [-0.39, 0.29) is 12.5 Å². The third-order valence-corrected chi connectivity index (χ3v) is 6.31. The predicted molar refractivity (Wildman–Crippen MR) is 114 cm³/mol. The number of para-hydroxylation sites is 1. The van der Waals surface area contributed by atoms with Crippen LogP contribution in [0.4, 0.5) is 0 Å². The topological polar surface area (TPSA) is 44.8 Å². The van der Waals surface area contributed by atoms with Gasteiger partial charge in [0, 0.05) is 37.8 Å². The largest absolute Gasteiger partial charge is 0.483 e. The first-order valence-corrected chi connectivity index (χ1v) is 11.0. The van der Waals surface area contributed by atoms with Gasteiger partial charge in [-0.05, 0) is 51.8 Å². The number of nitrogens with one attached hydrogen (secondary N) is 1. The molecule has 5 heteroatoms. The van der Waals surface area contributed by atoms with Crippen LogP contribution in [0.3, 0.4) is 0 Å². The van der Waals surface area contributed by atoms with Crippen LogP contribution >= 0.6 is 0 Å². The molecule has 0 bridgehead atoms. The molecule has 0 radical (unpaired) electrons. The van der Waals surface area contributed by atoms with Crippen molar-refractivity contribution >= 4 is 5.91 Å². The first-order chi connectivity index (χ1) is 13.6. The van der Waals surface area contributed by atoms with Crippen LogP contribution in [0, 0.1) is 5.92 Å². The van der Waals surface area contributed by atoms with Crippen molar-refractivity contribution in [3.05, 3.63) is 29.8 Å². The highest BCUT2D eigenvalue weighted by Gasteiger charge is 2.25. The van der Waals surface area contributed by atoms with Crippen molar-refractivity contribution < 1.29 is 9.53 Å². The molecule has 1 N–H and O–H groups in total. The fourth-order valence-electron chi connectivity index (χ4n) is 4.63. The molecule has 156 valence electrons. The Labute approximate surface area is 170 Å². The van der Waals surface area contributed by atoms with Crippen molar-refractivity contribution in [1.82, 2.24) is 15.1 Å². The second-order valence-electron chi connectivity index (χ2n) is 8.54. The highest BCUT2D eigenvalue weighted by molar-refractivity contribution is 5.78. The lowest BCUT2D eigenvalue weighted by molar-refractivity contribution is -0.132. The molecule has 1 aliphatic heterocycles. The lowest BCUT2D eigenvalue weighted by Gasteiger charge is -2.35. The maximum Gasteiger partial charge on any atom is 0.260 e. The Kier molecular flexibility index (Phi) is 8.16. The van der Waals surface area contributed by atoms with Gasteiger partial charge in [-0.25, -0.2) is 0 Å². The molecule has 1 saturated carbocycles. The number of hydrogen-bond donors (Lipinski definition) is 1. The minimum Gasteiger partial charge on any atom is -0.483 e. The van der Waals surface area contributed by atoms with Gasteiger partial charge in [-0.1, -0.05) is 37.5 Å². The summed E-state index contributed by atoms with van der Waals surface area (Å²) in [4.78, 5) is 16.5. The molecule has 1 aromatic carbocycles. The molecule has 28 heavy (non-hydrogen) atoms. The first kappa shape index (κ1) is 21.1. The molecule has 1 aliphatic carbocycles. The van der Waals surface area contributed by atoms with E-state index in [0.717, 1.165) is 56.3 Å². The number of carbonyl (C=O) groups is 1. The number of likely N-dealkylation sites (tertiary alicyclic amines) is 1. The fraction of sp³-hybridized carbons (Fsp3) is 0.696. The average Bonchev–Trinajstić information content (AvgIpc) is 3.25. The Balaban J connectivity index is 1.50. The summed E-state index contributed by atoms with van der Waals surface area (Å²) in [5.74, 6) is 1.72. The summed E-state index contributed by atoms with van der Waals surface area (Å²) in [6.07, 6.45) is 9.06. The molecule has 2 fully saturated rings. The van der Waals surface area contributed by atoms with E-state index < -0.39 is 0 Å². The highest BCUT2D eigenvalue weighted by Crippen LogP contribution is 2.28. The second-order valence-corrected chi connectivity index (χ2v) is 8.54. The van der Waals surface area contributed by atoms with Crippen LogP contribution < -0.4 is 10.1 Å². The zero-order chi connectivity index (χ0) is 19.8. The van der Waals surface area contributed by atoms with Gasteiger partial charge in [-0.3, -0.25) is 4.79 Å². The monoisotopic (exact) mass is 387 g/mol. The zero-order valence-corrected chi connectivity index (χ0v) is 17.7. The standard InChI is InChI=1S/C23H37N3O2/c1-25(2)21(19-10-4-3-5-11-19)17-24-16-20-12-6-7-13-22(20)28-18-23(27)26-14-8-9-15-26/h6-7,12-13,19,21,24H,3-5,8-11,14-18H2,1-2H3. The van der Waals surface area contributed by atoms with E-state index in [1.165, 1.54) is 32.1 Å². The molecule has 3 rings (SSSR count). The number of ether oxygens (including phenoxy) is 1. The number of rotatable bonds is 9. The van der Waals surface area contributed by atoms with E-state index in [1.807, 2.05) is 23.1 Å². The molecule has 1 atom stereocenters. The van der Waals surface area contributed by atoms with Gasteiger partial charge in [-0.15, -0.1) is 0 Å². The molecule has 0 spiro atoms. The van der Waals surface area contributed by atoms with Gasteiger partial charge in [0.2, 0.25) is 0 Å². The van der Waals surface area contributed by atoms with Crippen LogP contribution in [0.1, 0.15) is 50.5 Å². The number of carbonyl (C=O) groups excluding carboxylic acids is 1. The third-order valence-electron chi connectivity index (χ3n) is 6.31. The second kappa shape index (κ2) is 10.8.